The zero-order valence-corrected chi connectivity index (χ0v) is 9.25. The van der Waals surface area contributed by atoms with Gasteiger partial charge in [0.1, 0.15) is 0 Å². The Hall–Kier alpha value is -0.900. The molecule has 1 aliphatic rings. The van der Waals surface area contributed by atoms with Crippen LogP contribution in [0.1, 0.15) is 12.0 Å². The summed E-state index contributed by atoms with van der Waals surface area (Å²) >= 11 is 3.36. The lowest BCUT2D eigenvalue weighted by molar-refractivity contribution is -0.122. The first kappa shape index (κ1) is 9.65. The van der Waals surface area contributed by atoms with Gasteiger partial charge >= 0.3 is 0 Å². The molecule has 74 valence electrons. The molecule has 0 saturated carbocycles. The number of pyridine rings is 1. The smallest absolute Gasteiger partial charge is 0.223 e. The summed E-state index contributed by atoms with van der Waals surface area (Å²) in [5.41, 5.74) is 1.11. The van der Waals surface area contributed by atoms with Crippen molar-refractivity contribution in [2.45, 2.75) is 12.8 Å². The van der Waals surface area contributed by atoms with E-state index in [9.17, 15) is 4.79 Å². The number of hydrogen-bond acceptors (Lipinski definition) is 2. The molecule has 0 spiro atoms. The Morgan fingerprint density at radius 1 is 1.57 bits per heavy atom. The van der Waals surface area contributed by atoms with Crippen LogP contribution in [0.4, 0.5) is 0 Å². The number of nitrogens with one attached hydrogen (secondary N) is 1. The standard InChI is InChI=1S/C10H11BrN2O/c11-9-4-7(5-12-6-9)3-8-1-2-13-10(8)14/h4-6,8H,1-3H2,(H,13,14). The maximum atomic E-state index is 11.3. The second kappa shape index (κ2) is 4.09. The number of carbonyl (C=O) groups is 1. The normalized spacial score (nSPS) is 20.9. The second-order valence-corrected chi connectivity index (χ2v) is 4.41. The number of nitrogens with zero attached hydrogens (tertiary/aromatic N) is 1. The highest BCUT2D eigenvalue weighted by atomic mass is 79.9. The Morgan fingerprint density at radius 2 is 2.43 bits per heavy atom. The van der Waals surface area contributed by atoms with E-state index in [4.69, 9.17) is 0 Å². The SMILES string of the molecule is O=C1NCCC1Cc1cncc(Br)c1. The van der Waals surface area contributed by atoms with Gasteiger partial charge in [0.15, 0.2) is 0 Å². The van der Waals surface area contributed by atoms with Gasteiger partial charge in [0.05, 0.1) is 0 Å². The lowest BCUT2D eigenvalue weighted by Crippen LogP contribution is -2.20. The number of rotatable bonds is 2. The van der Waals surface area contributed by atoms with Gasteiger partial charge in [0.2, 0.25) is 5.91 Å². The second-order valence-electron chi connectivity index (χ2n) is 3.49. The number of aromatic nitrogens is 1. The van der Waals surface area contributed by atoms with Crippen LogP contribution in [-0.2, 0) is 11.2 Å². The van der Waals surface area contributed by atoms with Crippen molar-refractivity contribution >= 4 is 21.8 Å². The van der Waals surface area contributed by atoms with Gasteiger partial charge in [0, 0.05) is 29.3 Å². The first-order chi connectivity index (χ1) is 6.75. The molecule has 1 amide bonds. The van der Waals surface area contributed by atoms with Crippen molar-refractivity contribution in [1.29, 1.82) is 0 Å². The van der Waals surface area contributed by atoms with Gasteiger partial charge in [-0.25, -0.2) is 0 Å². The maximum absolute atomic E-state index is 11.3. The molecule has 1 aromatic heterocycles. The highest BCUT2D eigenvalue weighted by Crippen LogP contribution is 2.18. The summed E-state index contributed by atoms with van der Waals surface area (Å²) in [5, 5.41) is 2.83. The van der Waals surface area contributed by atoms with Gasteiger partial charge in [-0.2, -0.15) is 0 Å². The van der Waals surface area contributed by atoms with Crippen molar-refractivity contribution in [1.82, 2.24) is 10.3 Å². The van der Waals surface area contributed by atoms with Crippen LogP contribution < -0.4 is 5.32 Å². The van der Waals surface area contributed by atoms with E-state index in [1.54, 1.807) is 6.20 Å². The number of hydrogen-bond donors (Lipinski definition) is 1. The van der Waals surface area contributed by atoms with Crippen molar-refractivity contribution < 1.29 is 4.79 Å². The molecule has 0 radical (unpaired) electrons. The molecular formula is C10H11BrN2O. The first-order valence-corrected chi connectivity index (χ1v) is 5.42. The van der Waals surface area contributed by atoms with Gasteiger partial charge < -0.3 is 5.32 Å². The van der Waals surface area contributed by atoms with Gasteiger partial charge in [-0.1, -0.05) is 0 Å². The molecule has 1 saturated heterocycles. The van der Waals surface area contributed by atoms with Gasteiger partial charge in [0.25, 0.3) is 0 Å². The Balaban J connectivity index is 2.07. The minimum atomic E-state index is 0.131. The van der Waals surface area contributed by atoms with Gasteiger partial charge in [-0.3, -0.25) is 9.78 Å². The molecule has 14 heavy (non-hydrogen) atoms. The molecule has 1 aliphatic heterocycles. The van der Waals surface area contributed by atoms with Crippen LogP contribution in [-0.4, -0.2) is 17.4 Å². The van der Waals surface area contributed by atoms with Crippen LogP contribution in [0.25, 0.3) is 0 Å². The summed E-state index contributed by atoms with van der Waals surface area (Å²) < 4.78 is 0.966. The molecule has 2 heterocycles. The first-order valence-electron chi connectivity index (χ1n) is 4.63. The molecule has 4 heteroatoms. The molecule has 0 aliphatic carbocycles. The average Bonchev–Trinajstić information content (AvgIpc) is 2.52. The lowest BCUT2D eigenvalue weighted by atomic mass is 9.99. The van der Waals surface area contributed by atoms with E-state index in [1.165, 1.54) is 0 Å². The summed E-state index contributed by atoms with van der Waals surface area (Å²) in [6, 6.07) is 2.01. The molecule has 1 atom stereocenters. The summed E-state index contributed by atoms with van der Waals surface area (Å²) in [7, 11) is 0. The Labute approximate surface area is 91.0 Å². The maximum Gasteiger partial charge on any atom is 0.223 e. The summed E-state index contributed by atoms with van der Waals surface area (Å²) in [4.78, 5) is 15.4. The van der Waals surface area contributed by atoms with Gasteiger partial charge in [-0.15, -0.1) is 0 Å². The quantitative estimate of drug-likeness (QED) is 0.870. The van der Waals surface area contributed by atoms with E-state index in [1.807, 2.05) is 12.3 Å². The van der Waals surface area contributed by atoms with Crippen LogP contribution >= 0.6 is 15.9 Å². The molecule has 1 aromatic rings. The van der Waals surface area contributed by atoms with Crippen LogP contribution in [0.5, 0.6) is 0 Å². The fourth-order valence-electron chi connectivity index (χ4n) is 1.69. The van der Waals surface area contributed by atoms with E-state index in [-0.39, 0.29) is 11.8 Å². The van der Waals surface area contributed by atoms with Crippen LogP contribution in [0.2, 0.25) is 0 Å². The monoisotopic (exact) mass is 254 g/mol. The molecule has 0 bridgehead atoms. The third-order valence-electron chi connectivity index (χ3n) is 2.41. The van der Waals surface area contributed by atoms with E-state index in [0.717, 1.165) is 29.4 Å². The fourth-order valence-corrected chi connectivity index (χ4v) is 2.10. The third kappa shape index (κ3) is 2.12. The number of halogens is 1. The topological polar surface area (TPSA) is 42.0 Å². The lowest BCUT2D eigenvalue weighted by Gasteiger charge is -2.06. The fraction of sp³-hybridized carbons (Fsp3) is 0.400. The highest BCUT2D eigenvalue weighted by molar-refractivity contribution is 9.10. The van der Waals surface area contributed by atoms with Crippen molar-refractivity contribution in [3.8, 4) is 0 Å². The van der Waals surface area contributed by atoms with E-state index in [2.05, 4.69) is 26.2 Å². The van der Waals surface area contributed by atoms with Crippen molar-refractivity contribution in [2.24, 2.45) is 5.92 Å². The van der Waals surface area contributed by atoms with Crippen molar-refractivity contribution in [3.63, 3.8) is 0 Å². The largest absolute Gasteiger partial charge is 0.356 e. The minimum absolute atomic E-state index is 0.131. The summed E-state index contributed by atoms with van der Waals surface area (Å²) in [6.07, 6.45) is 5.29. The number of amides is 1. The van der Waals surface area contributed by atoms with Gasteiger partial charge in [-0.05, 0) is 40.4 Å². The van der Waals surface area contributed by atoms with E-state index in [0.29, 0.717) is 0 Å². The molecule has 1 fully saturated rings. The van der Waals surface area contributed by atoms with Crippen LogP contribution in [0, 0.1) is 5.92 Å². The van der Waals surface area contributed by atoms with Crippen molar-refractivity contribution in [3.05, 3.63) is 28.5 Å². The Bertz CT molecular complexity index is 354. The Kier molecular flexibility index (Phi) is 2.82. The zero-order valence-electron chi connectivity index (χ0n) is 7.66. The number of carbonyl (C=O) groups excluding carboxylic acids is 1. The zero-order chi connectivity index (χ0) is 9.97. The van der Waals surface area contributed by atoms with Crippen LogP contribution in [0.15, 0.2) is 22.9 Å². The predicted molar refractivity (Wildman–Crippen MR) is 56.8 cm³/mol. The van der Waals surface area contributed by atoms with Crippen LogP contribution in [0.3, 0.4) is 0 Å². The molecule has 0 aromatic carbocycles. The minimum Gasteiger partial charge on any atom is -0.356 e. The third-order valence-corrected chi connectivity index (χ3v) is 2.84. The highest BCUT2D eigenvalue weighted by Gasteiger charge is 2.23. The predicted octanol–water partition coefficient (Wildman–Crippen LogP) is 1.52. The molecule has 1 unspecified atom stereocenters. The van der Waals surface area contributed by atoms with E-state index >= 15 is 0 Å². The van der Waals surface area contributed by atoms with E-state index < -0.39 is 0 Å². The van der Waals surface area contributed by atoms with Crippen molar-refractivity contribution in [2.75, 3.05) is 6.54 Å². The average molecular weight is 255 g/mol. The molecule has 2 rings (SSSR count). The molecule has 3 nitrogen and oxygen atoms in total. The summed E-state index contributed by atoms with van der Waals surface area (Å²) in [5.74, 6) is 0.302. The molecular weight excluding hydrogens is 244 g/mol. The Morgan fingerprint density at radius 3 is 3.07 bits per heavy atom. The molecule has 1 N–H and O–H groups in total. The summed E-state index contributed by atoms with van der Waals surface area (Å²) in [6.45, 7) is 0.810.